The molecule has 62 heavy (non-hydrogen) atoms. The number of hydrogen-bond acceptors (Lipinski definition) is 9. The zero-order chi connectivity index (χ0) is 43.1. The van der Waals surface area contributed by atoms with E-state index in [1.165, 1.54) is 0 Å². The van der Waals surface area contributed by atoms with Crippen molar-refractivity contribution in [2.45, 2.75) is 76.2 Å². The zero-order valence-electron chi connectivity index (χ0n) is 35.8. The maximum absolute atomic E-state index is 14.6. The average molecular weight is 839 g/mol. The molecule has 0 saturated heterocycles. The number of benzene rings is 5. The lowest BCUT2D eigenvalue weighted by Gasteiger charge is -2.59. The van der Waals surface area contributed by atoms with Gasteiger partial charge in [0, 0.05) is 31.1 Å². The van der Waals surface area contributed by atoms with Gasteiger partial charge >= 0.3 is 6.09 Å². The minimum atomic E-state index is -1.42. The molecule has 3 aliphatic rings. The summed E-state index contributed by atoms with van der Waals surface area (Å²) in [6.45, 7) is 6.65. The summed E-state index contributed by atoms with van der Waals surface area (Å²) in [6.07, 6.45) is 8.52. The van der Waals surface area contributed by atoms with Crippen LogP contribution in [-0.4, -0.2) is 72.3 Å². The number of unbranched alkanes of at least 4 members (excludes halogenated alkanes) is 2. The Morgan fingerprint density at radius 2 is 1.61 bits per heavy atom. The highest BCUT2D eigenvalue weighted by atomic mass is 16.7. The summed E-state index contributed by atoms with van der Waals surface area (Å²) in [6, 6.07) is 33.9. The molecule has 5 aromatic rings. The summed E-state index contributed by atoms with van der Waals surface area (Å²) in [7, 11) is 1.55. The topological polar surface area (TPSA) is 119 Å². The molecule has 8 rings (SSSR count). The molecule has 5 aromatic carbocycles. The van der Waals surface area contributed by atoms with Crippen LogP contribution >= 0.6 is 0 Å². The van der Waals surface area contributed by atoms with Crippen LogP contribution in [0.5, 0.6) is 17.2 Å². The molecule has 2 aliphatic carbocycles. The van der Waals surface area contributed by atoms with E-state index in [-0.39, 0.29) is 57.1 Å². The molecule has 6 atom stereocenters. The van der Waals surface area contributed by atoms with Crippen molar-refractivity contribution in [3.63, 3.8) is 0 Å². The second-order valence-electron chi connectivity index (χ2n) is 16.5. The number of nitrogens with zero attached hydrogens (tertiary/aromatic N) is 2. The molecule has 0 radical (unpaired) electrons. The number of aliphatic hydroxyl groups excluding tert-OH is 2. The van der Waals surface area contributed by atoms with E-state index < -0.39 is 23.8 Å². The number of allylic oxidation sites excluding steroid dienone is 1. The van der Waals surface area contributed by atoms with Gasteiger partial charge in [-0.1, -0.05) is 103 Å². The van der Waals surface area contributed by atoms with Gasteiger partial charge in [-0.25, -0.2) is 4.79 Å². The van der Waals surface area contributed by atoms with Gasteiger partial charge in [-0.05, 0) is 107 Å². The molecular weight excluding hydrogens is 781 g/mol. The van der Waals surface area contributed by atoms with E-state index in [0.29, 0.717) is 30.1 Å². The SMILES string of the molecule is C=CCOC12Oc3ccc(Oc4ccc5ccccc5c4)cc3C3C(CCCCO)C(CCCCO)C=C(C(=NOC)CC1N(Cc1cccc4ccccc14)C(=O)OCC)C32. The molecule has 1 amide bonds. The van der Waals surface area contributed by atoms with Crippen molar-refractivity contribution in [3.8, 4) is 17.2 Å². The van der Waals surface area contributed by atoms with E-state index in [0.717, 1.165) is 69.7 Å². The molecule has 1 saturated carbocycles. The van der Waals surface area contributed by atoms with Crippen LogP contribution in [-0.2, 0) is 20.9 Å². The van der Waals surface area contributed by atoms with Gasteiger partial charge < -0.3 is 34.0 Å². The van der Waals surface area contributed by atoms with Crippen molar-refractivity contribution in [1.82, 2.24) is 4.90 Å². The molecule has 1 heterocycles. The predicted octanol–water partition coefficient (Wildman–Crippen LogP) is 10.7. The van der Waals surface area contributed by atoms with Gasteiger partial charge in [0.2, 0.25) is 5.79 Å². The molecular formula is C52H58N2O8. The quantitative estimate of drug-likeness (QED) is 0.0509. The van der Waals surface area contributed by atoms with E-state index in [1.54, 1.807) is 18.1 Å². The number of amides is 1. The van der Waals surface area contributed by atoms with Crippen LogP contribution in [0.15, 0.2) is 133 Å². The summed E-state index contributed by atoms with van der Waals surface area (Å²) in [4.78, 5) is 22.0. The Morgan fingerprint density at radius 1 is 0.887 bits per heavy atom. The molecule has 2 N–H and O–H groups in total. The summed E-state index contributed by atoms with van der Waals surface area (Å²) in [5.41, 5.74) is 3.62. The number of aliphatic hydroxyl groups is 2. The van der Waals surface area contributed by atoms with Crippen molar-refractivity contribution in [2.24, 2.45) is 22.9 Å². The van der Waals surface area contributed by atoms with Crippen molar-refractivity contribution < 1.29 is 38.8 Å². The number of carbonyl (C=O) groups is 1. The largest absolute Gasteiger partial charge is 0.459 e. The monoisotopic (exact) mass is 838 g/mol. The van der Waals surface area contributed by atoms with E-state index >= 15 is 0 Å². The standard InChI is InChI=1S/C52H58N2O8/c1-4-29-60-52-48(54(51(57)59-5-2)34-39-20-14-19-36-16-8-9-21-42(36)39)33-46(53-58-3)44-31-38(18-10-12-27-55)43(22-11-13-28-56)49(50(44)52)45-32-41(25-26-47(45)62-52)61-40-24-23-35-15-6-7-17-37(35)30-40/h4,6-9,14-17,19-21,23-26,30-32,38,43,48-50,55-56H,1,5,10-13,18,22,27-29,33-34H2,2-3H3. The van der Waals surface area contributed by atoms with Crippen LogP contribution in [0.1, 0.15) is 68.9 Å². The highest BCUT2D eigenvalue weighted by Gasteiger charge is 2.65. The minimum Gasteiger partial charge on any atom is -0.459 e. The molecule has 6 unspecified atom stereocenters. The summed E-state index contributed by atoms with van der Waals surface area (Å²) >= 11 is 0. The van der Waals surface area contributed by atoms with Crippen molar-refractivity contribution in [1.29, 1.82) is 0 Å². The number of ether oxygens (including phenoxy) is 4. The lowest BCUT2D eigenvalue weighted by molar-refractivity contribution is -0.256. The Labute approximate surface area is 364 Å². The second-order valence-corrected chi connectivity index (χ2v) is 16.5. The Morgan fingerprint density at radius 3 is 2.39 bits per heavy atom. The Bertz CT molecular complexity index is 2420. The molecule has 1 aliphatic heterocycles. The normalized spacial score (nSPS) is 23.2. The number of oxime groups is 1. The van der Waals surface area contributed by atoms with Gasteiger partial charge in [-0.15, -0.1) is 6.58 Å². The van der Waals surface area contributed by atoms with Gasteiger partial charge in [-0.3, -0.25) is 4.90 Å². The molecule has 10 heteroatoms. The van der Waals surface area contributed by atoms with Crippen LogP contribution in [0.25, 0.3) is 21.5 Å². The van der Waals surface area contributed by atoms with Gasteiger partial charge in [-0.2, -0.15) is 0 Å². The molecule has 324 valence electrons. The zero-order valence-corrected chi connectivity index (χ0v) is 35.8. The van der Waals surface area contributed by atoms with Gasteiger partial charge in [0.25, 0.3) is 0 Å². The van der Waals surface area contributed by atoms with Gasteiger partial charge in [0.15, 0.2) is 0 Å². The number of fused-ring (bicyclic) bond motifs is 4. The lowest BCUT2D eigenvalue weighted by Crippen LogP contribution is -2.70. The number of carbonyl (C=O) groups excluding carboxylic acids is 1. The molecule has 0 aromatic heterocycles. The maximum atomic E-state index is 14.6. The first-order valence-electron chi connectivity index (χ1n) is 22.1. The van der Waals surface area contributed by atoms with Crippen LogP contribution in [0, 0.1) is 17.8 Å². The van der Waals surface area contributed by atoms with Crippen molar-refractivity contribution >= 4 is 33.3 Å². The van der Waals surface area contributed by atoms with Crippen molar-refractivity contribution in [3.05, 3.63) is 139 Å². The first-order chi connectivity index (χ1) is 30.4. The lowest BCUT2D eigenvalue weighted by atomic mass is 9.55. The molecule has 0 bridgehead atoms. The van der Waals surface area contributed by atoms with Gasteiger partial charge in [0.05, 0.1) is 31.4 Å². The first kappa shape index (κ1) is 43.0. The van der Waals surface area contributed by atoms with Gasteiger partial charge in [0.1, 0.15) is 30.4 Å². The van der Waals surface area contributed by atoms with E-state index in [9.17, 15) is 15.0 Å². The Hall–Kier alpha value is -5.68. The van der Waals surface area contributed by atoms with Crippen molar-refractivity contribution in [2.75, 3.05) is 33.5 Å². The van der Waals surface area contributed by atoms with E-state index in [2.05, 4.69) is 67.3 Å². The highest BCUT2D eigenvalue weighted by molar-refractivity contribution is 6.03. The summed E-state index contributed by atoms with van der Waals surface area (Å²) in [5.74, 6) is 0.121. The van der Waals surface area contributed by atoms with Crippen LogP contribution in [0.4, 0.5) is 4.79 Å². The Kier molecular flexibility index (Phi) is 13.6. The third-order valence-electron chi connectivity index (χ3n) is 12.9. The van der Waals surface area contributed by atoms with Crippen LogP contribution in [0.3, 0.4) is 0 Å². The fourth-order valence-corrected chi connectivity index (χ4v) is 10.3. The van der Waals surface area contributed by atoms with E-state index in [4.69, 9.17) is 28.9 Å². The van der Waals surface area contributed by atoms with Crippen LogP contribution < -0.4 is 9.47 Å². The first-order valence-corrected chi connectivity index (χ1v) is 22.1. The second kappa shape index (κ2) is 19.6. The minimum absolute atomic E-state index is 0.0657. The maximum Gasteiger partial charge on any atom is 0.410 e. The smallest absolute Gasteiger partial charge is 0.410 e. The fraction of sp³-hybridized carbons (Fsp3) is 0.385. The van der Waals surface area contributed by atoms with Crippen LogP contribution in [0.2, 0.25) is 0 Å². The fourth-order valence-electron chi connectivity index (χ4n) is 10.3. The molecule has 0 spiro atoms. The van der Waals surface area contributed by atoms with E-state index in [1.807, 2.05) is 55.5 Å². The molecule has 10 nitrogen and oxygen atoms in total. The number of rotatable bonds is 18. The average Bonchev–Trinajstić information content (AvgIpc) is 3.29. The predicted molar refractivity (Wildman–Crippen MR) is 243 cm³/mol. The molecule has 1 fully saturated rings. The number of hydrogen-bond donors (Lipinski definition) is 2. The Balaban J connectivity index is 1.33. The summed E-state index contributed by atoms with van der Waals surface area (Å²) in [5, 5.41) is 29.0. The summed E-state index contributed by atoms with van der Waals surface area (Å²) < 4.78 is 27.1. The third kappa shape index (κ3) is 8.56. The highest BCUT2D eigenvalue weighted by Crippen LogP contribution is 2.62. The third-order valence-corrected chi connectivity index (χ3v) is 12.9.